The van der Waals surface area contributed by atoms with E-state index in [2.05, 4.69) is 10.3 Å². The van der Waals surface area contributed by atoms with Crippen LogP contribution in [0, 0.1) is 30.0 Å². The minimum atomic E-state index is -0.445. The second-order valence-electron chi connectivity index (χ2n) is 7.74. The average molecular weight is 401 g/mol. The van der Waals surface area contributed by atoms with Crippen molar-refractivity contribution in [2.45, 2.75) is 19.8 Å². The summed E-state index contributed by atoms with van der Waals surface area (Å²) in [6.07, 6.45) is 3.89. The molecular formula is C25H24FN3O. The fourth-order valence-corrected chi connectivity index (χ4v) is 3.74. The van der Waals surface area contributed by atoms with Crippen LogP contribution in [0.1, 0.15) is 24.0 Å². The van der Waals surface area contributed by atoms with Gasteiger partial charge in [-0.3, -0.25) is 4.98 Å². The van der Waals surface area contributed by atoms with Crippen LogP contribution in [0.15, 0.2) is 54.7 Å². The molecule has 4 rings (SSSR count). The van der Waals surface area contributed by atoms with Crippen molar-refractivity contribution in [3.63, 3.8) is 0 Å². The summed E-state index contributed by atoms with van der Waals surface area (Å²) in [5.41, 5.74) is 4.09. The summed E-state index contributed by atoms with van der Waals surface area (Å²) in [5, 5.41) is 12.4. The highest BCUT2D eigenvalue weighted by Gasteiger charge is 2.17. The van der Waals surface area contributed by atoms with E-state index in [0.717, 1.165) is 37.1 Å². The lowest BCUT2D eigenvalue weighted by Crippen LogP contribution is -2.30. The molecule has 2 heterocycles. The lowest BCUT2D eigenvalue weighted by molar-refractivity contribution is 0.215. The third-order valence-corrected chi connectivity index (χ3v) is 5.52. The van der Waals surface area contributed by atoms with Gasteiger partial charge in [0.15, 0.2) is 0 Å². The van der Waals surface area contributed by atoms with Crippen molar-refractivity contribution >= 4 is 0 Å². The van der Waals surface area contributed by atoms with Gasteiger partial charge in [0.25, 0.3) is 0 Å². The Labute approximate surface area is 176 Å². The molecule has 1 N–H and O–H groups in total. The number of pyridine rings is 1. The monoisotopic (exact) mass is 401 g/mol. The van der Waals surface area contributed by atoms with Gasteiger partial charge in [-0.05, 0) is 57.0 Å². The number of benzene rings is 2. The topological polar surface area (TPSA) is 57.9 Å². The van der Waals surface area contributed by atoms with Gasteiger partial charge in [0, 0.05) is 16.7 Å². The lowest BCUT2D eigenvalue weighted by Gasteiger charge is -2.23. The smallest absolute Gasteiger partial charge is 0.138 e. The Balaban J connectivity index is 1.71. The Morgan fingerprint density at radius 1 is 1.10 bits per heavy atom. The van der Waals surface area contributed by atoms with Crippen molar-refractivity contribution in [2.75, 3.05) is 19.7 Å². The Bertz CT molecular complexity index is 1070. The Morgan fingerprint density at radius 2 is 1.87 bits per heavy atom. The average Bonchev–Trinajstić information content (AvgIpc) is 2.79. The van der Waals surface area contributed by atoms with E-state index in [-0.39, 0.29) is 0 Å². The summed E-state index contributed by atoms with van der Waals surface area (Å²) in [7, 11) is 0. The number of hydrogen-bond donors (Lipinski definition) is 1. The zero-order valence-corrected chi connectivity index (χ0v) is 17.0. The normalized spacial score (nSPS) is 14.3. The van der Waals surface area contributed by atoms with Crippen molar-refractivity contribution in [3.05, 3.63) is 71.7 Å². The van der Waals surface area contributed by atoms with Gasteiger partial charge in [0.1, 0.15) is 11.6 Å². The molecule has 30 heavy (non-hydrogen) atoms. The molecule has 0 radical (unpaired) electrons. The van der Waals surface area contributed by atoms with Crippen LogP contribution in [0.25, 0.3) is 22.4 Å². The number of rotatable bonds is 5. The summed E-state index contributed by atoms with van der Waals surface area (Å²) in [4.78, 5) is 4.63. The van der Waals surface area contributed by atoms with Crippen molar-refractivity contribution in [3.8, 4) is 34.2 Å². The molecule has 1 saturated heterocycles. The SMILES string of the molecule is Cc1ccc(-c2ncc(OCC3CCNCC3)cc2-c2ccc(C#N)cc2F)cc1. The minimum Gasteiger partial charge on any atom is -0.492 e. The summed E-state index contributed by atoms with van der Waals surface area (Å²) >= 11 is 0. The van der Waals surface area contributed by atoms with Crippen LogP contribution in [0.4, 0.5) is 4.39 Å². The second-order valence-corrected chi connectivity index (χ2v) is 7.74. The Hall–Kier alpha value is -3.23. The van der Waals surface area contributed by atoms with Gasteiger partial charge in [-0.2, -0.15) is 5.26 Å². The highest BCUT2D eigenvalue weighted by atomic mass is 19.1. The first-order valence-electron chi connectivity index (χ1n) is 10.2. The van der Waals surface area contributed by atoms with Gasteiger partial charge >= 0.3 is 0 Å². The van der Waals surface area contributed by atoms with Gasteiger partial charge in [-0.1, -0.05) is 35.9 Å². The minimum absolute atomic E-state index is 0.291. The molecule has 0 spiro atoms. The van der Waals surface area contributed by atoms with Gasteiger partial charge < -0.3 is 10.1 Å². The number of halogens is 1. The van der Waals surface area contributed by atoms with E-state index in [9.17, 15) is 4.39 Å². The summed E-state index contributed by atoms with van der Waals surface area (Å²) in [6, 6.07) is 16.4. The van der Waals surface area contributed by atoms with E-state index < -0.39 is 5.82 Å². The van der Waals surface area contributed by atoms with Crippen molar-refractivity contribution in [1.82, 2.24) is 10.3 Å². The first-order valence-corrected chi connectivity index (χ1v) is 10.2. The van der Waals surface area contributed by atoms with E-state index in [1.807, 2.05) is 43.3 Å². The Morgan fingerprint density at radius 3 is 2.57 bits per heavy atom. The van der Waals surface area contributed by atoms with Gasteiger partial charge in [-0.25, -0.2) is 4.39 Å². The van der Waals surface area contributed by atoms with Crippen LogP contribution in [-0.2, 0) is 0 Å². The maximum Gasteiger partial charge on any atom is 0.138 e. The molecule has 0 aliphatic carbocycles. The van der Waals surface area contributed by atoms with Crippen LogP contribution < -0.4 is 10.1 Å². The maximum atomic E-state index is 14.9. The van der Waals surface area contributed by atoms with Gasteiger partial charge in [0.2, 0.25) is 0 Å². The van der Waals surface area contributed by atoms with E-state index in [1.54, 1.807) is 18.3 Å². The van der Waals surface area contributed by atoms with Crippen molar-refractivity contribution in [2.24, 2.45) is 5.92 Å². The molecule has 152 valence electrons. The molecule has 1 aliphatic rings. The predicted octanol–water partition coefficient (Wildman–Crippen LogP) is 5.11. The van der Waals surface area contributed by atoms with Crippen LogP contribution in [0.3, 0.4) is 0 Å². The largest absolute Gasteiger partial charge is 0.492 e. The molecule has 0 atom stereocenters. The second kappa shape index (κ2) is 9.06. The number of nitrogens with zero attached hydrogens (tertiary/aromatic N) is 2. The summed E-state index contributed by atoms with van der Waals surface area (Å²) in [6.45, 7) is 4.68. The number of aromatic nitrogens is 1. The maximum absolute atomic E-state index is 14.9. The standard InChI is InChI=1S/C25H24FN3O/c1-17-2-5-20(6-3-17)25-23(22-7-4-19(14-27)12-24(22)26)13-21(15-29-25)30-16-18-8-10-28-11-9-18/h2-7,12-13,15,18,28H,8-11,16H2,1H3. The highest BCUT2D eigenvalue weighted by Crippen LogP contribution is 2.35. The summed E-state index contributed by atoms with van der Waals surface area (Å²) in [5.74, 6) is 0.695. The molecule has 2 aromatic carbocycles. The van der Waals surface area contributed by atoms with E-state index in [0.29, 0.717) is 40.7 Å². The van der Waals surface area contributed by atoms with Crippen molar-refractivity contribution < 1.29 is 9.13 Å². The van der Waals surface area contributed by atoms with Gasteiger partial charge in [0.05, 0.1) is 30.1 Å². The molecule has 5 heteroatoms. The third-order valence-electron chi connectivity index (χ3n) is 5.52. The zero-order valence-electron chi connectivity index (χ0n) is 17.0. The first kappa shape index (κ1) is 20.1. The van der Waals surface area contributed by atoms with E-state index >= 15 is 0 Å². The highest BCUT2D eigenvalue weighted by molar-refractivity contribution is 5.82. The molecule has 4 nitrogen and oxygen atoms in total. The number of nitriles is 1. The number of aryl methyl sites for hydroxylation is 1. The molecule has 1 fully saturated rings. The van der Waals surface area contributed by atoms with Crippen LogP contribution in [0.2, 0.25) is 0 Å². The van der Waals surface area contributed by atoms with Crippen LogP contribution >= 0.6 is 0 Å². The fourth-order valence-electron chi connectivity index (χ4n) is 3.74. The molecule has 0 saturated carbocycles. The van der Waals surface area contributed by atoms with Crippen molar-refractivity contribution in [1.29, 1.82) is 5.26 Å². The van der Waals surface area contributed by atoms with Crippen LogP contribution in [-0.4, -0.2) is 24.7 Å². The number of nitrogens with one attached hydrogen (secondary N) is 1. The quantitative estimate of drug-likeness (QED) is 0.645. The zero-order chi connectivity index (χ0) is 20.9. The third kappa shape index (κ3) is 4.50. The molecule has 1 aromatic heterocycles. The van der Waals surface area contributed by atoms with Crippen LogP contribution in [0.5, 0.6) is 5.75 Å². The summed E-state index contributed by atoms with van der Waals surface area (Å²) < 4.78 is 20.9. The number of piperidine rings is 1. The molecule has 0 unspecified atom stereocenters. The molecule has 0 amide bonds. The lowest BCUT2D eigenvalue weighted by atomic mass is 9.97. The Kier molecular flexibility index (Phi) is 6.06. The first-order chi connectivity index (χ1) is 14.6. The molecule has 0 bridgehead atoms. The number of ether oxygens (including phenoxy) is 1. The molecular weight excluding hydrogens is 377 g/mol. The van der Waals surface area contributed by atoms with E-state index in [1.165, 1.54) is 6.07 Å². The van der Waals surface area contributed by atoms with Gasteiger partial charge in [-0.15, -0.1) is 0 Å². The number of hydrogen-bond acceptors (Lipinski definition) is 4. The fraction of sp³-hybridized carbons (Fsp3) is 0.280. The molecule has 1 aliphatic heterocycles. The van der Waals surface area contributed by atoms with E-state index in [4.69, 9.17) is 10.00 Å². The predicted molar refractivity (Wildman–Crippen MR) is 116 cm³/mol. The molecule has 3 aromatic rings.